The van der Waals surface area contributed by atoms with Crippen LogP contribution in [0.25, 0.3) is 0 Å². The third kappa shape index (κ3) is 3.51. The summed E-state index contributed by atoms with van der Waals surface area (Å²) in [5, 5.41) is 2.50. The van der Waals surface area contributed by atoms with Gasteiger partial charge in [0, 0.05) is 17.8 Å². The van der Waals surface area contributed by atoms with Crippen molar-refractivity contribution in [3.05, 3.63) is 29.8 Å². The molecule has 1 rings (SSSR count). The molecule has 18 heavy (non-hydrogen) atoms. The molecule has 1 amide bonds. The van der Waals surface area contributed by atoms with Crippen LogP contribution < -0.4 is 5.32 Å². The maximum atomic E-state index is 12.9. The van der Waals surface area contributed by atoms with Crippen LogP contribution in [0.4, 0.5) is 4.39 Å². The van der Waals surface area contributed by atoms with E-state index in [2.05, 4.69) is 15.0 Å². The van der Waals surface area contributed by atoms with Crippen LogP contribution in [-0.4, -0.2) is 30.0 Å². The Morgan fingerprint density at radius 2 is 2.11 bits per heavy atom. The van der Waals surface area contributed by atoms with Gasteiger partial charge in [-0.15, -0.1) is 0 Å². The molecule has 0 bridgehead atoms. The summed E-state index contributed by atoms with van der Waals surface area (Å²) < 4.78 is 17.5. The second kappa shape index (κ2) is 6.09. The van der Waals surface area contributed by atoms with Gasteiger partial charge in [-0.3, -0.25) is 4.79 Å². The molecule has 1 unspecified atom stereocenters. The van der Waals surface area contributed by atoms with Gasteiger partial charge in [0.2, 0.25) is 5.95 Å². The van der Waals surface area contributed by atoms with Gasteiger partial charge in [-0.05, 0) is 12.0 Å². The first-order valence-electron chi connectivity index (χ1n) is 5.46. The number of hydrogen-bond donors (Lipinski definition) is 1. The molecule has 0 radical (unpaired) electrons. The lowest BCUT2D eigenvalue weighted by molar-refractivity contribution is -0.144. The fourth-order valence-corrected chi connectivity index (χ4v) is 1.39. The van der Waals surface area contributed by atoms with Crippen molar-refractivity contribution >= 4 is 11.9 Å². The van der Waals surface area contributed by atoms with Crippen LogP contribution in [0.15, 0.2) is 18.3 Å². The van der Waals surface area contributed by atoms with Crippen LogP contribution in [0.5, 0.6) is 0 Å². The van der Waals surface area contributed by atoms with E-state index in [0.717, 1.165) is 6.07 Å². The topological polar surface area (TPSA) is 68.3 Å². The van der Waals surface area contributed by atoms with Gasteiger partial charge in [0.1, 0.15) is 6.04 Å². The summed E-state index contributed by atoms with van der Waals surface area (Å²) in [6.45, 7) is 3.55. The molecule has 6 heteroatoms. The summed E-state index contributed by atoms with van der Waals surface area (Å²) in [5.74, 6) is -1.96. The number of carbonyl (C=O) groups is 2. The van der Waals surface area contributed by atoms with E-state index in [4.69, 9.17) is 0 Å². The fraction of sp³-hybridized carbons (Fsp3) is 0.417. The van der Waals surface area contributed by atoms with E-state index in [-0.39, 0.29) is 11.5 Å². The molecule has 1 heterocycles. The number of aromatic nitrogens is 1. The minimum Gasteiger partial charge on any atom is -0.467 e. The van der Waals surface area contributed by atoms with E-state index in [0.29, 0.717) is 0 Å². The molecule has 0 aliphatic carbocycles. The molecule has 0 aromatic carbocycles. The minimum absolute atomic E-state index is 0.108. The molecular weight excluding hydrogens is 239 g/mol. The monoisotopic (exact) mass is 254 g/mol. The molecule has 98 valence electrons. The number of hydrogen-bond acceptors (Lipinski definition) is 4. The number of amides is 1. The molecule has 1 atom stereocenters. The first-order chi connectivity index (χ1) is 8.45. The smallest absolute Gasteiger partial charge is 0.328 e. The third-order valence-electron chi connectivity index (χ3n) is 2.40. The van der Waals surface area contributed by atoms with Crippen molar-refractivity contribution in [3.63, 3.8) is 0 Å². The van der Waals surface area contributed by atoms with Crippen molar-refractivity contribution < 1.29 is 18.7 Å². The summed E-state index contributed by atoms with van der Waals surface area (Å²) in [6, 6.07) is 1.61. The predicted octanol–water partition coefficient (Wildman–Crippen LogP) is 1.15. The first-order valence-corrected chi connectivity index (χ1v) is 5.46. The molecular formula is C12H15FN2O3. The summed E-state index contributed by atoms with van der Waals surface area (Å²) in [4.78, 5) is 26.6. The standard InChI is InChI=1S/C12H15FN2O3/c1-7(2)10(12(17)18-3)15-11(16)8-4-5-14-9(13)6-8/h4-7,10H,1-3H3,(H,15,16). The van der Waals surface area contributed by atoms with Gasteiger partial charge in [0.15, 0.2) is 0 Å². The van der Waals surface area contributed by atoms with E-state index < -0.39 is 23.9 Å². The molecule has 1 aromatic heterocycles. The Morgan fingerprint density at radius 1 is 1.44 bits per heavy atom. The molecule has 0 saturated heterocycles. The maximum Gasteiger partial charge on any atom is 0.328 e. The Hall–Kier alpha value is -1.98. The number of nitrogens with one attached hydrogen (secondary N) is 1. The summed E-state index contributed by atoms with van der Waals surface area (Å²) >= 11 is 0. The maximum absolute atomic E-state index is 12.9. The molecule has 0 aliphatic heterocycles. The number of ether oxygens (including phenoxy) is 1. The van der Waals surface area contributed by atoms with Gasteiger partial charge in [-0.1, -0.05) is 13.8 Å². The Morgan fingerprint density at radius 3 is 2.61 bits per heavy atom. The van der Waals surface area contributed by atoms with Gasteiger partial charge in [0.05, 0.1) is 7.11 Å². The second-order valence-electron chi connectivity index (χ2n) is 4.09. The quantitative estimate of drug-likeness (QED) is 0.646. The summed E-state index contributed by atoms with van der Waals surface area (Å²) in [7, 11) is 1.25. The van der Waals surface area contributed by atoms with E-state index in [1.54, 1.807) is 13.8 Å². The molecule has 0 fully saturated rings. The predicted molar refractivity (Wildman–Crippen MR) is 62.3 cm³/mol. The highest BCUT2D eigenvalue weighted by atomic mass is 19.1. The van der Waals surface area contributed by atoms with Gasteiger partial charge in [-0.25, -0.2) is 9.78 Å². The normalized spacial score (nSPS) is 12.1. The number of rotatable bonds is 4. The van der Waals surface area contributed by atoms with Crippen molar-refractivity contribution in [2.24, 2.45) is 5.92 Å². The van der Waals surface area contributed by atoms with Crippen LogP contribution in [0.3, 0.4) is 0 Å². The van der Waals surface area contributed by atoms with Gasteiger partial charge in [-0.2, -0.15) is 4.39 Å². The zero-order valence-corrected chi connectivity index (χ0v) is 10.4. The average Bonchev–Trinajstić information content (AvgIpc) is 2.34. The number of esters is 1. The molecule has 1 N–H and O–H groups in total. The minimum atomic E-state index is -0.765. The van der Waals surface area contributed by atoms with Crippen LogP contribution in [0.2, 0.25) is 0 Å². The number of methoxy groups -OCH3 is 1. The lowest BCUT2D eigenvalue weighted by Gasteiger charge is -2.19. The molecule has 0 aliphatic rings. The zero-order valence-electron chi connectivity index (χ0n) is 10.4. The van der Waals surface area contributed by atoms with Crippen molar-refractivity contribution in [3.8, 4) is 0 Å². The van der Waals surface area contributed by atoms with Gasteiger partial charge in [0.25, 0.3) is 5.91 Å². The Labute approximate surface area is 104 Å². The van der Waals surface area contributed by atoms with Gasteiger partial charge >= 0.3 is 5.97 Å². The Balaban J connectivity index is 2.82. The lowest BCUT2D eigenvalue weighted by atomic mass is 10.0. The van der Waals surface area contributed by atoms with Gasteiger partial charge < -0.3 is 10.1 Å². The molecule has 5 nitrogen and oxygen atoms in total. The van der Waals surface area contributed by atoms with Crippen molar-refractivity contribution in [2.75, 3.05) is 7.11 Å². The van der Waals surface area contributed by atoms with E-state index in [9.17, 15) is 14.0 Å². The largest absolute Gasteiger partial charge is 0.467 e. The Kier molecular flexibility index (Phi) is 4.76. The average molecular weight is 254 g/mol. The number of halogens is 1. The van der Waals surface area contributed by atoms with Crippen molar-refractivity contribution in [1.29, 1.82) is 0 Å². The Bertz CT molecular complexity index is 449. The van der Waals surface area contributed by atoms with E-state index in [1.807, 2.05) is 0 Å². The van der Waals surface area contributed by atoms with Crippen LogP contribution in [-0.2, 0) is 9.53 Å². The lowest BCUT2D eigenvalue weighted by Crippen LogP contribution is -2.45. The molecule has 0 saturated carbocycles. The van der Waals surface area contributed by atoms with Crippen LogP contribution in [0, 0.1) is 11.9 Å². The zero-order chi connectivity index (χ0) is 13.7. The highest BCUT2D eigenvalue weighted by Gasteiger charge is 2.25. The first kappa shape index (κ1) is 14.1. The fourth-order valence-electron chi connectivity index (χ4n) is 1.39. The molecule has 0 spiro atoms. The highest BCUT2D eigenvalue weighted by molar-refractivity contribution is 5.96. The number of carbonyl (C=O) groups excluding carboxylic acids is 2. The van der Waals surface area contributed by atoms with E-state index in [1.165, 1.54) is 19.4 Å². The summed E-state index contributed by atoms with van der Waals surface area (Å²) in [5.41, 5.74) is 0.108. The SMILES string of the molecule is COC(=O)C(NC(=O)c1ccnc(F)c1)C(C)C. The van der Waals surface area contributed by atoms with Crippen LogP contribution in [0.1, 0.15) is 24.2 Å². The van der Waals surface area contributed by atoms with Crippen LogP contribution >= 0.6 is 0 Å². The highest BCUT2D eigenvalue weighted by Crippen LogP contribution is 2.06. The number of nitrogens with zero attached hydrogens (tertiary/aromatic N) is 1. The molecule has 1 aromatic rings. The summed E-state index contributed by atoms with van der Waals surface area (Å²) in [6.07, 6.45) is 1.19. The van der Waals surface area contributed by atoms with Crippen molar-refractivity contribution in [2.45, 2.75) is 19.9 Å². The number of pyridine rings is 1. The third-order valence-corrected chi connectivity index (χ3v) is 2.40. The van der Waals surface area contributed by atoms with Crippen molar-refractivity contribution in [1.82, 2.24) is 10.3 Å². The van der Waals surface area contributed by atoms with E-state index >= 15 is 0 Å². The second-order valence-corrected chi connectivity index (χ2v) is 4.09.